The van der Waals surface area contributed by atoms with E-state index in [4.69, 9.17) is 0 Å². The van der Waals surface area contributed by atoms with Crippen molar-refractivity contribution in [3.63, 3.8) is 0 Å². The van der Waals surface area contributed by atoms with Crippen LogP contribution in [-0.4, -0.2) is 97.3 Å². The normalized spacial score (nSPS) is 13.1. The summed E-state index contributed by atoms with van der Waals surface area (Å²) in [7, 11) is 0. The molecular weight excluding hydrogens is 346 g/mol. The first-order chi connectivity index (χ1) is 13.1. The fraction of sp³-hybridized carbons (Fsp3) is 1.00. The maximum absolute atomic E-state index is 3.64. The first-order valence-electron chi connectivity index (χ1n) is 11.7. The van der Waals surface area contributed by atoms with Gasteiger partial charge in [0.25, 0.3) is 0 Å². The van der Waals surface area contributed by atoms with Gasteiger partial charge in [-0.1, -0.05) is 0 Å². The lowest BCUT2D eigenvalue weighted by atomic mass is 10.2. The third-order valence-corrected chi connectivity index (χ3v) is 5.63. The second kappa shape index (κ2) is 15.6. The molecule has 2 N–H and O–H groups in total. The summed E-state index contributed by atoms with van der Waals surface area (Å²) in [4.78, 5) is 7.68. The summed E-state index contributed by atoms with van der Waals surface area (Å²) < 4.78 is 0. The van der Waals surface area contributed by atoms with E-state index < -0.39 is 0 Å². The Morgan fingerprint density at radius 2 is 0.714 bits per heavy atom. The second-order valence-corrected chi connectivity index (χ2v) is 9.48. The molecule has 0 heterocycles. The molecule has 0 fully saturated rings. The van der Waals surface area contributed by atoms with Crippen LogP contribution in [0.2, 0.25) is 0 Å². The van der Waals surface area contributed by atoms with Crippen molar-refractivity contribution in [3.8, 4) is 0 Å². The summed E-state index contributed by atoms with van der Waals surface area (Å²) in [5.41, 5.74) is 0. The van der Waals surface area contributed by atoms with Crippen molar-refractivity contribution in [2.45, 2.75) is 99.4 Å². The molecular formula is C23H53N5. The fourth-order valence-corrected chi connectivity index (χ4v) is 3.97. The minimum atomic E-state index is 0.592. The molecule has 5 heteroatoms. The van der Waals surface area contributed by atoms with Crippen molar-refractivity contribution in [2.75, 3.05) is 52.4 Å². The quantitative estimate of drug-likeness (QED) is 0.367. The van der Waals surface area contributed by atoms with Crippen LogP contribution in [0.3, 0.4) is 0 Å². The molecule has 0 saturated heterocycles. The van der Waals surface area contributed by atoms with Crippen LogP contribution in [0.1, 0.15) is 69.2 Å². The van der Waals surface area contributed by atoms with Gasteiger partial charge in [-0.3, -0.25) is 14.7 Å². The lowest BCUT2D eigenvalue weighted by Crippen LogP contribution is -2.45. The molecule has 0 aromatic carbocycles. The summed E-state index contributed by atoms with van der Waals surface area (Å²) >= 11 is 0. The highest BCUT2D eigenvalue weighted by Crippen LogP contribution is 2.04. The summed E-state index contributed by atoms with van der Waals surface area (Å²) in [5, 5.41) is 7.28. The first kappa shape index (κ1) is 27.8. The monoisotopic (exact) mass is 399 g/mol. The Morgan fingerprint density at radius 1 is 0.429 bits per heavy atom. The standard InChI is InChI=1S/C23H53N5/c1-19(2)26(15-11-24-13-17-27(20(3)4)21(5)6)16-12-25-14-18-28(22(7)8)23(9)10/h19-25H,11-18H2,1-10H3. The van der Waals surface area contributed by atoms with Gasteiger partial charge in [0.15, 0.2) is 0 Å². The number of rotatable bonds is 17. The van der Waals surface area contributed by atoms with Gasteiger partial charge < -0.3 is 10.6 Å². The van der Waals surface area contributed by atoms with Crippen molar-refractivity contribution in [1.82, 2.24) is 25.3 Å². The smallest absolute Gasteiger partial charge is 0.0112 e. The second-order valence-electron chi connectivity index (χ2n) is 9.48. The molecule has 0 saturated carbocycles. The third kappa shape index (κ3) is 12.4. The van der Waals surface area contributed by atoms with Gasteiger partial charge in [-0.15, -0.1) is 0 Å². The minimum absolute atomic E-state index is 0.592. The number of nitrogens with zero attached hydrogens (tertiary/aromatic N) is 3. The number of hydrogen-bond acceptors (Lipinski definition) is 5. The van der Waals surface area contributed by atoms with Gasteiger partial charge in [-0.2, -0.15) is 0 Å². The molecule has 0 atom stereocenters. The van der Waals surface area contributed by atoms with Crippen LogP contribution in [-0.2, 0) is 0 Å². The van der Waals surface area contributed by atoms with Crippen LogP contribution in [0.4, 0.5) is 0 Å². The molecule has 0 rings (SSSR count). The SMILES string of the molecule is CC(C)N(CCNCCN(C(C)C)C(C)C)CCNCCN(C(C)C)C(C)C. The highest BCUT2D eigenvalue weighted by Gasteiger charge is 2.14. The van der Waals surface area contributed by atoms with Crippen molar-refractivity contribution in [2.24, 2.45) is 0 Å². The van der Waals surface area contributed by atoms with E-state index in [0.717, 1.165) is 52.4 Å². The van der Waals surface area contributed by atoms with Crippen LogP contribution in [0.5, 0.6) is 0 Å². The van der Waals surface area contributed by atoms with Gasteiger partial charge in [0.05, 0.1) is 0 Å². The zero-order chi connectivity index (χ0) is 21.7. The lowest BCUT2D eigenvalue weighted by Gasteiger charge is -2.31. The molecule has 0 radical (unpaired) electrons. The maximum atomic E-state index is 3.64. The molecule has 0 aromatic heterocycles. The van der Waals surface area contributed by atoms with E-state index in [0.29, 0.717) is 30.2 Å². The zero-order valence-corrected chi connectivity index (χ0v) is 20.9. The molecule has 28 heavy (non-hydrogen) atoms. The predicted molar refractivity (Wildman–Crippen MR) is 126 cm³/mol. The molecule has 0 aromatic rings. The van der Waals surface area contributed by atoms with Gasteiger partial charge in [-0.25, -0.2) is 0 Å². The molecule has 0 spiro atoms. The summed E-state index contributed by atoms with van der Waals surface area (Å²) in [6.07, 6.45) is 0. The van der Waals surface area contributed by atoms with Crippen LogP contribution in [0, 0.1) is 0 Å². The number of hydrogen-bond donors (Lipinski definition) is 2. The molecule has 0 aliphatic heterocycles. The van der Waals surface area contributed by atoms with Gasteiger partial charge in [-0.05, 0) is 69.2 Å². The first-order valence-corrected chi connectivity index (χ1v) is 11.7. The largest absolute Gasteiger partial charge is 0.314 e. The van der Waals surface area contributed by atoms with E-state index in [2.05, 4.69) is 94.6 Å². The summed E-state index contributed by atoms with van der Waals surface area (Å²) in [5.74, 6) is 0. The molecule has 0 aliphatic rings. The predicted octanol–water partition coefficient (Wildman–Crippen LogP) is 3.11. The van der Waals surface area contributed by atoms with Gasteiger partial charge in [0.2, 0.25) is 0 Å². The Hall–Kier alpha value is -0.200. The third-order valence-electron chi connectivity index (χ3n) is 5.63. The van der Waals surface area contributed by atoms with Crippen molar-refractivity contribution in [1.29, 1.82) is 0 Å². The van der Waals surface area contributed by atoms with Crippen LogP contribution in [0.25, 0.3) is 0 Å². The average molecular weight is 400 g/mol. The zero-order valence-electron chi connectivity index (χ0n) is 20.9. The maximum Gasteiger partial charge on any atom is 0.0112 e. The van der Waals surface area contributed by atoms with E-state index in [1.807, 2.05) is 0 Å². The topological polar surface area (TPSA) is 33.8 Å². The molecule has 0 aliphatic carbocycles. The Kier molecular flexibility index (Phi) is 15.5. The lowest BCUT2D eigenvalue weighted by molar-refractivity contribution is 0.170. The van der Waals surface area contributed by atoms with E-state index in [1.54, 1.807) is 0 Å². The molecule has 0 unspecified atom stereocenters. The van der Waals surface area contributed by atoms with Gasteiger partial charge >= 0.3 is 0 Å². The van der Waals surface area contributed by atoms with Gasteiger partial charge in [0.1, 0.15) is 0 Å². The number of nitrogens with one attached hydrogen (secondary N) is 2. The molecule has 170 valence electrons. The van der Waals surface area contributed by atoms with Crippen molar-refractivity contribution < 1.29 is 0 Å². The Bertz CT molecular complexity index is 309. The van der Waals surface area contributed by atoms with E-state index in [1.165, 1.54) is 0 Å². The average Bonchev–Trinajstić information content (AvgIpc) is 2.57. The Labute approximate surface area is 177 Å². The van der Waals surface area contributed by atoms with E-state index in [-0.39, 0.29) is 0 Å². The Morgan fingerprint density at radius 3 is 0.964 bits per heavy atom. The summed E-state index contributed by atoms with van der Waals surface area (Å²) in [6, 6.07) is 3.05. The molecule has 0 bridgehead atoms. The van der Waals surface area contributed by atoms with E-state index >= 15 is 0 Å². The molecule has 0 amide bonds. The van der Waals surface area contributed by atoms with Crippen molar-refractivity contribution in [3.05, 3.63) is 0 Å². The fourth-order valence-electron chi connectivity index (χ4n) is 3.97. The highest BCUT2D eigenvalue weighted by molar-refractivity contribution is 4.71. The summed E-state index contributed by atoms with van der Waals surface area (Å²) in [6.45, 7) is 31.7. The highest BCUT2D eigenvalue weighted by atomic mass is 15.2. The molecule has 5 nitrogen and oxygen atoms in total. The van der Waals surface area contributed by atoms with Crippen LogP contribution < -0.4 is 10.6 Å². The minimum Gasteiger partial charge on any atom is -0.314 e. The van der Waals surface area contributed by atoms with Crippen molar-refractivity contribution >= 4 is 0 Å². The van der Waals surface area contributed by atoms with Crippen LogP contribution >= 0.6 is 0 Å². The van der Waals surface area contributed by atoms with Gasteiger partial charge in [0, 0.05) is 82.6 Å². The Balaban J connectivity index is 4.01. The van der Waals surface area contributed by atoms with Crippen LogP contribution in [0.15, 0.2) is 0 Å². The van der Waals surface area contributed by atoms with E-state index in [9.17, 15) is 0 Å².